The second kappa shape index (κ2) is 5.86. The zero-order chi connectivity index (χ0) is 12.3. The second-order valence-corrected chi connectivity index (χ2v) is 5.62. The van der Waals surface area contributed by atoms with Gasteiger partial charge in [0.05, 0.1) is 6.54 Å². The van der Waals surface area contributed by atoms with Gasteiger partial charge in [0.15, 0.2) is 5.15 Å². The molecule has 4 nitrogen and oxygen atoms in total. The van der Waals surface area contributed by atoms with Gasteiger partial charge in [-0.05, 0) is 41.4 Å². The zero-order valence-electron chi connectivity index (χ0n) is 9.31. The molecule has 6 heteroatoms. The van der Waals surface area contributed by atoms with E-state index in [9.17, 15) is 0 Å². The van der Waals surface area contributed by atoms with Gasteiger partial charge in [-0.15, -0.1) is 0 Å². The lowest BCUT2D eigenvalue weighted by Gasteiger charge is -2.03. The minimum Gasteiger partial charge on any atom is -0.404 e. The Labute approximate surface area is 119 Å². The largest absolute Gasteiger partial charge is 0.404 e. The van der Waals surface area contributed by atoms with Crippen LogP contribution in [0, 0.1) is 9.62 Å². The lowest BCUT2D eigenvalue weighted by molar-refractivity contribution is 0.673. The Morgan fingerprint density at radius 2 is 2.47 bits per heavy atom. The van der Waals surface area contributed by atoms with Crippen molar-refractivity contribution in [2.75, 3.05) is 6.54 Å². The highest BCUT2D eigenvalue weighted by Gasteiger charge is 2.19. The van der Waals surface area contributed by atoms with Crippen molar-refractivity contribution in [2.45, 2.75) is 19.4 Å². The van der Waals surface area contributed by atoms with Crippen molar-refractivity contribution in [1.82, 2.24) is 9.78 Å². The molecular formula is C11H14ClIN4. The van der Waals surface area contributed by atoms with Crippen molar-refractivity contribution >= 4 is 40.4 Å². The normalized spacial score (nSPS) is 16.9. The summed E-state index contributed by atoms with van der Waals surface area (Å²) in [5.74, 6) is 0.796. The van der Waals surface area contributed by atoms with E-state index in [2.05, 4.69) is 32.7 Å². The van der Waals surface area contributed by atoms with Gasteiger partial charge in [0.1, 0.15) is 3.70 Å². The minimum atomic E-state index is 0.501. The minimum absolute atomic E-state index is 0.501. The van der Waals surface area contributed by atoms with Crippen LogP contribution in [0.1, 0.15) is 12.8 Å². The van der Waals surface area contributed by atoms with Crippen molar-refractivity contribution in [3.05, 3.63) is 26.7 Å². The van der Waals surface area contributed by atoms with Crippen molar-refractivity contribution < 1.29 is 0 Å². The third-order valence-corrected chi connectivity index (χ3v) is 3.62. The SMILES string of the molecule is NC=C(C=NCC1CC1)Cn1nc(Cl)cc1I. The number of halogens is 2. The maximum absolute atomic E-state index is 5.83. The number of hydrogen-bond acceptors (Lipinski definition) is 3. The molecule has 0 aliphatic heterocycles. The molecule has 1 heterocycles. The first kappa shape index (κ1) is 12.9. The fourth-order valence-corrected chi connectivity index (χ4v) is 2.36. The van der Waals surface area contributed by atoms with Crippen LogP contribution in [0.5, 0.6) is 0 Å². The number of aliphatic imine (C=N–C) groups is 1. The molecule has 0 amide bonds. The first-order valence-corrected chi connectivity index (χ1v) is 6.94. The van der Waals surface area contributed by atoms with Gasteiger partial charge in [-0.3, -0.25) is 9.67 Å². The number of rotatable bonds is 5. The average molecular weight is 365 g/mol. The number of aromatic nitrogens is 2. The smallest absolute Gasteiger partial charge is 0.152 e. The maximum atomic E-state index is 5.83. The highest BCUT2D eigenvalue weighted by molar-refractivity contribution is 14.1. The molecule has 1 aliphatic carbocycles. The third-order valence-electron chi connectivity index (χ3n) is 2.57. The first-order valence-electron chi connectivity index (χ1n) is 5.48. The predicted octanol–water partition coefficient (Wildman–Crippen LogP) is 2.46. The van der Waals surface area contributed by atoms with E-state index in [1.165, 1.54) is 12.8 Å². The predicted molar refractivity (Wildman–Crippen MR) is 78.3 cm³/mol. The summed E-state index contributed by atoms with van der Waals surface area (Å²) in [4.78, 5) is 4.39. The van der Waals surface area contributed by atoms with Gasteiger partial charge in [-0.2, -0.15) is 5.10 Å². The molecule has 0 unspecified atom stereocenters. The van der Waals surface area contributed by atoms with Crippen LogP contribution < -0.4 is 5.73 Å². The Bertz CT molecular complexity index is 448. The molecule has 1 aromatic heterocycles. The molecular weight excluding hydrogens is 351 g/mol. The lowest BCUT2D eigenvalue weighted by Crippen LogP contribution is -2.07. The van der Waals surface area contributed by atoms with E-state index in [-0.39, 0.29) is 0 Å². The zero-order valence-corrected chi connectivity index (χ0v) is 12.2. The Kier molecular flexibility index (Phi) is 4.44. The van der Waals surface area contributed by atoms with Crippen LogP contribution in [-0.2, 0) is 6.54 Å². The van der Waals surface area contributed by atoms with Crippen molar-refractivity contribution in [3.63, 3.8) is 0 Å². The molecule has 0 atom stereocenters. The van der Waals surface area contributed by atoms with E-state index < -0.39 is 0 Å². The van der Waals surface area contributed by atoms with Crippen LogP contribution in [0.4, 0.5) is 0 Å². The van der Waals surface area contributed by atoms with Gasteiger partial charge in [-0.25, -0.2) is 0 Å². The van der Waals surface area contributed by atoms with Gasteiger partial charge >= 0.3 is 0 Å². The number of allylic oxidation sites excluding steroid dienone is 1. The third kappa shape index (κ3) is 3.99. The number of hydrogen-bond donors (Lipinski definition) is 1. The molecule has 1 aromatic rings. The molecule has 2 N–H and O–H groups in total. The Morgan fingerprint density at radius 3 is 3.00 bits per heavy atom. The molecule has 0 spiro atoms. The molecule has 1 aliphatic rings. The summed E-state index contributed by atoms with van der Waals surface area (Å²) in [7, 11) is 0. The van der Waals surface area contributed by atoms with Gasteiger partial charge < -0.3 is 5.73 Å². The Balaban J connectivity index is 1.94. The van der Waals surface area contributed by atoms with E-state index in [1.807, 2.05) is 17.0 Å². The van der Waals surface area contributed by atoms with Crippen LogP contribution in [-0.4, -0.2) is 22.5 Å². The Hall–Kier alpha value is -0.560. The summed E-state index contributed by atoms with van der Waals surface area (Å²) in [6, 6.07) is 1.82. The average Bonchev–Trinajstić information content (AvgIpc) is 3.04. The van der Waals surface area contributed by atoms with Crippen LogP contribution >= 0.6 is 34.2 Å². The van der Waals surface area contributed by atoms with Gasteiger partial charge in [0, 0.05) is 30.6 Å². The van der Waals surface area contributed by atoms with Crippen molar-refractivity contribution in [2.24, 2.45) is 16.6 Å². The molecule has 1 saturated carbocycles. The number of nitrogens with zero attached hydrogens (tertiary/aromatic N) is 3. The van der Waals surface area contributed by atoms with Crippen molar-refractivity contribution in [1.29, 1.82) is 0 Å². The standard InChI is InChI=1S/C11H14ClIN4/c12-10-3-11(13)17(16-10)7-9(4-14)6-15-5-8-1-2-8/h3-4,6,8H,1-2,5,7,14H2. The fourth-order valence-electron chi connectivity index (χ4n) is 1.40. The summed E-state index contributed by atoms with van der Waals surface area (Å²) < 4.78 is 2.80. The highest BCUT2D eigenvalue weighted by atomic mass is 127. The van der Waals surface area contributed by atoms with Gasteiger partial charge in [-0.1, -0.05) is 11.6 Å². The van der Waals surface area contributed by atoms with Crippen LogP contribution in [0.15, 0.2) is 22.8 Å². The van der Waals surface area contributed by atoms with E-state index in [4.69, 9.17) is 17.3 Å². The molecule has 92 valence electrons. The first-order chi connectivity index (χ1) is 8.19. The summed E-state index contributed by atoms with van der Waals surface area (Å²) in [5, 5.41) is 4.67. The van der Waals surface area contributed by atoms with Crippen LogP contribution in [0.3, 0.4) is 0 Å². The summed E-state index contributed by atoms with van der Waals surface area (Å²) in [6.07, 6.45) is 6.03. The fraction of sp³-hybridized carbons (Fsp3) is 0.455. The topological polar surface area (TPSA) is 56.2 Å². The van der Waals surface area contributed by atoms with E-state index in [0.29, 0.717) is 11.7 Å². The van der Waals surface area contributed by atoms with Gasteiger partial charge in [0.25, 0.3) is 0 Å². The molecule has 17 heavy (non-hydrogen) atoms. The van der Waals surface area contributed by atoms with E-state index in [0.717, 1.165) is 21.7 Å². The number of nitrogens with two attached hydrogens (primary N) is 1. The van der Waals surface area contributed by atoms with Gasteiger partial charge in [0.2, 0.25) is 0 Å². The molecule has 2 rings (SSSR count). The quantitative estimate of drug-likeness (QED) is 0.644. The van der Waals surface area contributed by atoms with Crippen LogP contribution in [0.2, 0.25) is 5.15 Å². The summed E-state index contributed by atoms with van der Waals surface area (Å²) in [5.41, 5.74) is 6.53. The molecule has 0 radical (unpaired) electrons. The lowest BCUT2D eigenvalue weighted by atomic mass is 10.3. The molecule has 0 aromatic carbocycles. The van der Waals surface area contributed by atoms with Crippen molar-refractivity contribution in [3.8, 4) is 0 Å². The second-order valence-electron chi connectivity index (χ2n) is 4.13. The molecule has 1 fully saturated rings. The molecule has 0 bridgehead atoms. The van der Waals surface area contributed by atoms with E-state index >= 15 is 0 Å². The Morgan fingerprint density at radius 1 is 1.71 bits per heavy atom. The maximum Gasteiger partial charge on any atom is 0.152 e. The summed E-state index contributed by atoms with van der Waals surface area (Å²) >= 11 is 8.02. The molecule has 0 saturated heterocycles. The van der Waals surface area contributed by atoms with Crippen LogP contribution in [0.25, 0.3) is 0 Å². The monoisotopic (exact) mass is 364 g/mol. The van der Waals surface area contributed by atoms with E-state index in [1.54, 1.807) is 6.20 Å². The summed E-state index contributed by atoms with van der Waals surface area (Å²) in [6.45, 7) is 1.52. The highest BCUT2D eigenvalue weighted by Crippen LogP contribution is 2.28.